The van der Waals surface area contributed by atoms with Crippen LogP contribution in [0.25, 0.3) is 0 Å². The van der Waals surface area contributed by atoms with Gasteiger partial charge in [0.1, 0.15) is 0 Å². The maximum Gasteiger partial charge on any atom is 0.0102 e. The Morgan fingerprint density at radius 3 is 1.04 bits per heavy atom. The zero-order chi connectivity index (χ0) is 17.0. The third-order valence-corrected chi connectivity index (χ3v) is 5.29. The molecule has 1 atom stereocenters. The largest absolute Gasteiger partial charge is 0.772 e. The van der Waals surface area contributed by atoms with Crippen LogP contribution in [0.4, 0.5) is 0 Å². The highest BCUT2D eigenvalue weighted by Crippen LogP contribution is 2.14. The van der Waals surface area contributed by atoms with Crippen molar-refractivity contribution in [2.45, 2.75) is 122 Å². The summed E-state index contributed by atoms with van der Waals surface area (Å²) in [6, 6.07) is 0. The molecule has 0 aromatic carbocycles. The molecule has 0 aromatic rings. The van der Waals surface area contributed by atoms with Gasteiger partial charge in [-0.05, 0) is 6.42 Å². The Hall–Kier alpha value is 0.110. The molecule has 0 fully saturated rings. The van der Waals surface area contributed by atoms with E-state index < -0.39 is 11.1 Å². The van der Waals surface area contributed by atoms with Gasteiger partial charge in [-0.1, -0.05) is 127 Å². The first kappa shape index (κ1) is 23.1. The molecule has 0 bridgehead atoms. The van der Waals surface area contributed by atoms with Gasteiger partial charge in [0, 0.05) is 5.75 Å². The number of hydrogen-bond donors (Lipinski definition) is 0. The van der Waals surface area contributed by atoms with Crippen LogP contribution >= 0.6 is 0 Å². The lowest BCUT2D eigenvalue weighted by Gasteiger charge is -2.05. The summed E-state index contributed by atoms with van der Waals surface area (Å²) in [6.45, 7) is 2.28. The predicted molar refractivity (Wildman–Crippen MR) is 103 cm³/mol. The van der Waals surface area contributed by atoms with Gasteiger partial charge in [0.15, 0.2) is 0 Å². The van der Waals surface area contributed by atoms with Gasteiger partial charge in [0.2, 0.25) is 0 Å². The molecule has 3 heteroatoms. The average molecular weight is 346 g/mol. The Bertz CT molecular complexity index is 244. The summed E-state index contributed by atoms with van der Waals surface area (Å²) in [4.78, 5) is 0. The minimum Gasteiger partial charge on any atom is -0.772 e. The van der Waals surface area contributed by atoms with Gasteiger partial charge < -0.3 is 4.55 Å². The summed E-state index contributed by atoms with van der Waals surface area (Å²) in [6.07, 6.45) is 24.2. The Morgan fingerprint density at radius 2 is 0.783 bits per heavy atom. The van der Waals surface area contributed by atoms with Crippen LogP contribution in [-0.2, 0) is 11.1 Å². The topological polar surface area (TPSA) is 40.1 Å². The van der Waals surface area contributed by atoms with E-state index in [0.717, 1.165) is 12.8 Å². The molecule has 0 aromatic heterocycles. The maximum absolute atomic E-state index is 10.4. The first-order chi connectivity index (χ1) is 11.3. The van der Waals surface area contributed by atoms with Crippen LogP contribution in [0.5, 0.6) is 0 Å². The highest BCUT2D eigenvalue weighted by atomic mass is 32.2. The van der Waals surface area contributed by atoms with E-state index in [1.165, 1.54) is 103 Å². The molecule has 0 spiro atoms. The van der Waals surface area contributed by atoms with Crippen molar-refractivity contribution in [3.8, 4) is 0 Å². The highest BCUT2D eigenvalue weighted by Gasteiger charge is 1.95. The third kappa shape index (κ3) is 22.1. The molecule has 0 saturated carbocycles. The lowest BCUT2D eigenvalue weighted by Crippen LogP contribution is -1.94. The van der Waals surface area contributed by atoms with Crippen molar-refractivity contribution in [1.82, 2.24) is 0 Å². The molecule has 23 heavy (non-hydrogen) atoms. The lowest BCUT2D eigenvalue weighted by molar-refractivity contribution is 0.522. The fourth-order valence-corrected chi connectivity index (χ4v) is 3.56. The van der Waals surface area contributed by atoms with Gasteiger partial charge in [-0.2, -0.15) is 0 Å². The zero-order valence-corrected chi connectivity index (χ0v) is 16.5. The van der Waals surface area contributed by atoms with Gasteiger partial charge in [-0.25, -0.2) is 0 Å². The molecule has 0 aliphatic carbocycles. The second-order valence-electron chi connectivity index (χ2n) is 7.02. The normalized spacial score (nSPS) is 12.6. The standard InChI is InChI=1S/C20H42O2S/c1-2-3-4-5-6-7-8-9-10-11-12-13-14-15-16-17-18-19-20-23(21)22/h2-20H2,1H3,(H,21,22)/p-1. The Labute approximate surface area is 148 Å². The lowest BCUT2D eigenvalue weighted by atomic mass is 10.0. The fourth-order valence-electron chi connectivity index (χ4n) is 3.12. The van der Waals surface area contributed by atoms with Crippen LogP contribution < -0.4 is 0 Å². The van der Waals surface area contributed by atoms with E-state index in [4.69, 9.17) is 0 Å². The summed E-state index contributed by atoms with van der Waals surface area (Å²) >= 11 is -1.83. The van der Waals surface area contributed by atoms with Gasteiger partial charge in [0.05, 0.1) is 0 Å². The number of unbranched alkanes of at least 4 members (excludes halogenated alkanes) is 17. The van der Waals surface area contributed by atoms with Crippen molar-refractivity contribution in [2.24, 2.45) is 0 Å². The molecule has 2 nitrogen and oxygen atoms in total. The molecule has 140 valence electrons. The molecule has 0 saturated heterocycles. The summed E-state index contributed by atoms with van der Waals surface area (Å²) in [5, 5.41) is 0. The minimum absolute atomic E-state index is 0.346. The van der Waals surface area contributed by atoms with E-state index in [1.54, 1.807) is 0 Å². The third-order valence-electron chi connectivity index (χ3n) is 4.66. The summed E-state index contributed by atoms with van der Waals surface area (Å²) < 4.78 is 20.7. The summed E-state index contributed by atoms with van der Waals surface area (Å²) in [5.41, 5.74) is 0. The second-order valence-corrected chi connectivity index (χ2v) is 8.03. The molecular weight excluding hydrogens is 304 g/mol. The van der Waals surface area contributed by atoms with Crippen molar-refractivity contribution in [1.29, 1.82) is 0 Å². The van der Waals surface area contributed by atoms with Gasteiger partial charge in [0.25, 0.3) is 0 Å². The van der Waals surface area contributed by atoms with Crippen molar-refractivity contribution >= 4 is 11.1 Å². The molecule has 1 unspecified atom stereocenters. The van der Waals surface area contributed by atoms with Crippen LogP contribution in [0, 0.1) is 0 Å². The van der Waals surface area contributed by atoms with Crippen LogP contribution in [0.3, 0.4) is 0 Å². The molecule has 0 N–H and O–H groups in total. The summed E-state index contributed by atoms with van der Waals surface area (Å²) in [5.74, 6) is 0.346. The van der Waals surface area contributed by atoms with Crippen molar-refractivity contribution in [3.05, 3.63) is 0 Å². The monoisotopic (exact) mass is 345 g/mol. The molecule has 0 heterocycles. The number of hydrogen-bond acceptors (Lipinski definition) is 2. The first-order valence-corrected chi connectivity index (χ1v) is 11.6. The van der Waals surface area contributed by atoms with Crippen LogP contribution in [0.1, 0.15) is 122 Å². The van der Waals surface area contributed by atoms with Crippen LogP contribution in [0.15, 0.2) is 0 Å². The zero-order valence-electron chi connectivity index (χ0n) is 15.7. The smallest absolute Gasteiger partial charge is 0.0102 e. The SMILES string of the molecule is CCCCCCCCCCCCCCCCCCCCS(=O)[O-]. The quantitative estimate of drug-likeness (QED) is 0.188. The second kappa shape index (κ2) is 20.2. The minimum atomic E-state index is -1.83. The molecule has 0 amide bonds. The summed E-state index contributed by atoms with van der Waals surface area (Å²) in [7, 11) is 0. The van der Waals surface area contributed by atoms with E-state index >= 15 is 0 Å². The van der Waals surface area contributed by atoms with E-state index in [9.17, 15) is 8.76 Å². The molecule has 0 aliphatic rings. The molecule has 0 aliphatic heterocycles. The Morgan fingerprint density at radius 1 is 0.522 bits per heavy atom. The van der Waals surface area contributed by atoms with Gasteiger partial charge >= 0.3 is 0 Å². The van der Waals surface area contributed by atoms with E-state index in [1.807, 2.05) is 0 Å². The molecule has 0 rings (SSSR count). The molecule has 0 radical (unpaired) electrons. The van der Waals surface area contributed by atoms with Crippen molar-refractivity contribution < 1.29 is 8.76 Å². The highest BCUT2D eigenvalue weighted by molar-refractivity contribution is 7.79. The fraction of sp³-hybridized carbons (Fsp3) is 1.00. The Kier molecular flexibility index (Phi) is 20.3. The number of rotatable bonds is 19. The first-order valence-electron chi connectivity index (χ1n) is 10.3. The van der Waals surface area contributed by atoms with E-state index in [-0.39, 0.29) is 0 Å². The van der Waals surface area contributed by atoms with E-state index in [0.29, 0.717) is 5.75 Å². The van der Waals surface area contributed by atoms with Gasteiger partial charge in [-0.3, -0.25) is 4.21 Å². The average Bonchev–Trinajstić information content (AvgIpc) is 2.53. The molecular formula is C20H41O2S-. The van der Waals surface area contributed by atoms with Crippen LogP contribution in [-0.4, -0.2) is 14.5 Å². The van der Waals surface area contributed by atoms with Crippen LogP contribution in [0.2, 0.25) is 0 Å². The van der Waals surface area contributed by atoms with Crippen molar-refractivity contribution in [3.63, 3.8) is 0 Å². The Balaban J connectivity index is 2.96. The van der Waals surface area contributed by atoms with Crippen molar-refractivity contribution in [2.75, 3.05) is 5.75 Å². The predicted octanol–water partition coefficient (Wildman–Crippen LogP) is 6.91. The van der Waals surface area contributed by atoms with E-state index in [2.05, 4.69) is 6.92 Å². The van der Waals surface area contributed by atoms with Gasteiger partial charge in [-0.15, -0.1) is 0 Å². The maximum atomic E-state index is 10.4.